The van der Waals surface area contributed by atoms with Gasteiger partial charge in [0, 0.05) is 5.56 Å². The number of carbonyl (C=O) groups is 1. The Balaban J connectivity index is 2.59. The van der Waals surface area contributed by atoms with E-state index in [0.717, 1.165) is 22.4 Å². The lowest BCUT2D eigenvalue weighted by Gasteiger charge is -2.10. The summed E-state index contributed by atoms with van der Waals surface area (Å²) in [6.45, 7) is 3.63. The SMILES string of the molecule is COc1ccc(C(C)=O)c(-c2ccc(C)cc2)c1. The van der Waals surface area contributed by atoms with Crippen molar-refractivity contribution < 1.29 is 9.53 Å². The number of benzene rings is 2. The molecule has 2 heteroatoms. The Hall–Kier alpha value is -2.09. The first-order valence-electron chi connectivity index (χ1n) is 5.88. The fraction of sp³-hybridized carbons (Fsp3) is 0.188. The number of rotatable bonds is 3. The highest BCUT2D eigenvalue weighted by atomic mass is 16.5. The number of methoxy groups -OCH3 is 1. The molecule has 0 aliphatic rings. The van der Waals surface area contributed by atoms with Crippen molar-refractivity contribution in [2.24, 2.45) is 0 Å². The van der Waals surface area contributed by atoms with E-state index in [1.807, 2.05) is 49.4 Å². The maximum Gasteiger partial charge on any atom is 0.160 e. The van der Waals surface area contributed by atoms with E-state index in [9.17, 15) is 4.79 Å². The van der Waals surface area contributed by atoms with Crippen molar-refractivity contribution in [2.75, 3.05) is 7.11 Å². The number of ether oxygens (including phenoxy) is 1. The van der Waals surface area contributed by atoms with E-state index in [1.165, 1.54) is 5.56 Å². The van der Waals surface area contributed by atoms with Gasteiger partial charge in [0.1, 0.15) is 5.75 Å². The summed E-state index contributed by atoms with van der Waals surface area (Å²) in [6.07, 6.45) is 0. The molecular weight excluding hydrogens is 224 g/mol. The zero-order valence-electron chi connectivity index (χ0n) is 10.9. The number of aryl methyl sites for hydroxylation is 1. The summed E-state index contributed by atoms with van der Waals surface area (Å²) in [6, 6.07) is 13.7. The largest absolute Gasteiger partial charge is 0.497 e. The van der Waals surface area contributed by atoms with Crippen LogP contribution in [0, 0.1) is 6.92 Å². The van der Waals surface area contributed by atoms with Crippen molar-refractivity contribution >= 4 is 5.78 Å². The van der Waals surface area contributed by atoms with Crippen LogP contribution in [0.15, 0.2) is 42.5 Å². The molecule has 0 saturated heterocycles. The predicted molar refractivity (Wildman–Crippen MR) is 73.2 cm³/mol. The lowest BCUT2D eigenvalue weighted by atomic mass is 9.96. The molecule has 0 aliphatic heterocycles. The van der Waals surface area contributed by atoms with Gasteiger partial charge in [-0.05, 0) is 43.2 Å². The van der Waals surface area contributed by atoms with Gasteiger partial charge in [0.2, 0.25) is 0 Å². The molecule has 0 fully saturated rings. The van der Waals surface area contributed by atoms with Crippen LogP contribution in [-0.4, -0.2) is 12.9 Å². The van der Waals surface area contributed by atoms with Crippen molar-refractivity contribution in [2.45, 2.75) is 13.8 Å². The summed E-state index contributed by atoms with van der Waals surface area (Å²) >= 11 is 0. The van der Waals surface area contributed by atoms with Crippen LogP contribution >= 0.6 is 0 Å². The molecule has 0 atom stereocenters. The van der Waals surface area contributed by atoms with Crippen molar-refractivity contribution in [1.82, 2.24) is 0 Å². The molecule has 0 aromatic heterocycles. The lowest BCUT2D eigenvalue weighted by molar-refractivity contribution is 0.101. The highest BCUT2D eigenvalue weighted by molar-refractivity contribution is 6.01. The van der Waals surface area contributed by atoms with Crippen molar-refractivity contribution in [3.63, 3.8) is 0 Å². The Morgan fingerprint density at radius 3 is 2.28 bits per heavy atom. The first-order valence-corrected chi connectivity index (χ1v) is 5.88. The van der Waals surface area contributed by atoms with Crippen LogP contribution in [0.25, 0.3) is 11.1 Å². The second kappa shape index (κ2) is 5.05. The molecule has 2 rings (SSSR count). The average molecular weight is 240 g/mol. The lowest BCUT2D eigenvalue weighted by Crippen LogP contribution is -1.97. The Bertz CT molecular complexity index is 568. The first kappa shape index (κ1) is 12.4. The molecule has 2 aromatic carbocycles. The fourth-order valence-corrected chi connectivity index (χ4v) is 1.93. The highest BCUT2D eigenvalue weighted by Crippen LogP contribution is 2.28. The number of carbonyl (C=O) groups excluding carboxylic acids is 1. The Labute approximate surface area is 107 Å². The summed E-state index contributed by atoms with van der Waals surface area (Å²) in [5, 5.41) is 0. The van der Waals surface area contributed by atoms with Crippen LogP contribution < -0.4 is 4.74 Å². The molecule has 0 bridgehead atoms. The predicted octanol–water partition coefficient (Wildman–Crippen LogP) is 3.87. The molecule has 2 nitrogen and oxygen atoms in total. The van der Waals surface area contributed by atoms with Gasteiger partial charge in [0.15, 0.2) is 5.78 Å². The quantitative estimate of drug-likeness (QED) is 0.761. The average Bonchev–Trinajstić information content (AvgIpc) is 2.38. The van der Waals surface area contributed by atoms with Gasteiger partial charge in [0.25, 0.3) is 0 Å². The summed E-state index contributed by atoms with van der Waals surface area (Å²) < 4.78 is 5.22. The Morgan fingerprint density at radius 1 is 1.06 bits per heavy atom. The topological polar surface area (TPSA) is 26.3 Å². The van der Waals surface area contributed by atoms with Gasteiger partial charge in [-0.25, -0.2) is 0 Å². The number of ketones is 1. The van der Waals surface area contributed by atoms with Crippen LogP contribution in [-0.2, 0) is 0 Å². The fourth-order valence-electron chi connectivity index (χ4n) is 1.93. The molecule has 0 aliphatic carbocycles. The molecule has 2 aromatic rings. The Kier molecular flexibility index (Phi) is 3.47. The molecule has 0 radical (unpaired) electrons. The number of hydrogen-bond acceptors (Lipinski definition) is 2. The van der Waals surface area contributed by atoms with Crippen LogP contribution in [0.3, 0.4) is 0 Å². The maximum atomic E-state index is 11.7. The van der Waals surface area contributed by atoms with Gasteiger partial charge < -0.3 is 4.74 Å². The van der Waals surface area contributed by atoms with Crippen LogP contribution in [0.2, 0.25) is 0 Å². The minimum atomic E-state index is 0.0632. The molecule has 0 heterocycles. The van der Waals surface area contributed by atoms with Crippen molar-refractivity contribution in [1.29, 1.82) is 0 Å². The maximum absolute atomic E-state index is 11.7. The smallest absolute Gasteiger partial charge is 0.160 e. The monoisotopic (exact) mass is 240 g/mol. The van der Waals surface area contributed by atoms with Crippen LogP contribution in [0.1, 0.15) is 22.8 Å². The zero-order valence-corrected chi connectivity index (χ0v) is 10.9. The summed E-state index contributed by atoms with van der Waals surface area (Å²) in [5.74, 6) is 0.823. The summed E-state index contributed by atoms with van der Waals surface area (Å²) in [7, 11) is 1.63. The van der Waals surface area contributed by atoms with Gasteiger partial charge in [-0.2, -0.15) is 0 Å². The molecule has 0 N–H and O–H groups in total. The van der Waals surface area contributed by atoms with Gasteiger partial charge in [-0.1, -0.05) is 29.8 Å². The van der Waals surface area contributed by atoms with Gasteiger partial charge >= 0.3 is 0 Å². The van der Waals surface area contributed by atoms with Crippen LogP contribution in [0.4, 0.5) is 0 Å². The van der Waals surface area contributed by atoms with E-state index in [-0.39, 0.29) is 5.78 Å². The van der Waals surface area contributed by atoms with Gasteiger partial charge in [0.05, 0.1) is 7.11 Å². The molecule has 0 spiro atoms. The minimum absolute atomic E-state index is 0.0632. The molecule has 0 saturated carbocycles. The van der Waals surface area contributed by atoms with Gasteiger partial charge in [-0.15, -0.1) is 0 Å². The third-order valence-corrected chi connectivity index (χ3v) is 2.97. The zero-order chi connectivity index (χ0) is 13.1. The van der Waals surface area contributed by atoms with Crippen LogP contribution in [0.5, 0.6) is 5.75 Å². The third kappa shape index (κ3) is 2.43. The highest BCUT2D eigenvalue weighted by Gasteiger charge is 2.10. The number of Topliss-reactive ketones (excluding diaryl/α,β-unsaturated/α-hetero) is 1. The minimum Gasteiger partial charge on any atom is -0.497 e. The molecule has 18 heavy (non-hydrogen) atoms. The van der Waals surface area contributed by atoms with Gasteiger partial charge in [-0.3, -0.25) is 4.79 Å². The second-order valence-electron chi connectivity index (χ2n) is 4.33. The van der Waals surface area contributed by atoms with E-state index < -0.39 is 0 Å². The van der Waals surface area contributed by atoms with E-state index in [1.54, 1.807) is 14.0 Å². The normalized spacial score (nSPS) is 10.2. The molecular formula is C16H16O2. The van der Waals surface area contributed by atoms with E-state index in [2.05, 4.69) is 0 Å². The van der Waals surface area contributed by atoms with Crippen molar-refractivity contribution in [3.05, 3.63) is 53.6 Å². The van der Waals surface area contributed by atoms with E-state index in [4.69, 9.17) is 4.74 Å². The molecule has 0 unspecified atom stereocenters. The summed E-state index contributed by atoms with van der Waals surface area (Å²) in [4.78, 5) is 11.7. The standard InChI is InChI=1S/C16H16O2/c1-11-4-6-13(7-5-11)16-10-14(18-3)8-9-15(16)12(2)17/h4-10H,1-3H3. The summed E-state index contributed by atoms with van der Waals surface area (Å²) in [5.41, 5.74) is 3.87. The van der Waals surface area contributed by atoms with E-state index in [0.29, 0.717) is 0 Å². The molecule has 92 valence electrons. The Morgan fingerprint density at radius 2 is 1.72 bits per heavy atom. The second-order valence-corrected chi connectivity index (χ2v) is 4.33. The van der Waals surface area contributed by atoms with Crippen molar-refractivity contribution in [3.8, 4) is 16.9 Å². The number of hydrogen-bond donors (Lipinski definition) is 0. The molecule has 0 amide bonds. The third-order valence-electron chi connectivity index (χ3n) is 2.97. The first-order chi connectivity index (χ1) is 8.61. The van der Waals surface area contributed by atoms with E-state index >= 15 is 0 Å².